The molecular formula is C28H32N4O2. The molecule has 1 saturated heterocycles. The largest absolute Gasteiger partial charge is 0.330 e. The standard InChI is InChI=1S/C28H32N4O2/c29-18-19-8-10-21(11-9-19)28(34)32-16-14-24(20-5-2-1-3-6-20)26(32)27(33)31-23-12-13-25-22(17-23)7-4-15-30-25/h1-7,12-13,15,17,19,21,24,26H,8-11,14,16,18,29H2,(H,31,33). The lowest BCUT2D eigenvalue weighted by molar-refractivity contribution is -0.141. The van der Waals surface area contributed by atoms with E-state index in [1.54, 1.807) is 6.20 Å². The van der Waals surface area contributed by atoms with Gasteiger partial charge in [-0.15, -0.1) is 0 Å². The van der Waals surface area contributed by atoms with Crippen molar-refractivity contribution in [2.24, 2.45) is 17.6 Å². The van der Waals surface area contributed by atoms with Gasteiger partial charge in [-0.25, -0.2) is 0 Å². The second kappa shape index (κ2) is 9.94. The molecule has 2 heterocycles. The van der Waals surface area contributed by atoms with E-state index in [-0.39, 0.29) is 23.7 Å². The van der Waals surface area contributed by atoms with Gasteiger partial charge in [0, 0.05) is 35.7 Å². The first-order valence-electron chi connectivity index (χ1n) is 12.3. The molecule has 6 heteroatoms. The predicted octanol–water partition coefficient (Wildman–Crippen LogP) is 4.32. The van der Waals surface area contributed by atoms with Crippen LogP contribution in [0.15, 0.2) is 66.9 Å². The summed E-state index contributed by atoms with van der Waals surface area (Å²) in [4.78, 5) is 33.5. The molecule has 176 valence electrons. The summed E-state index contributed by atoms with van der Waals surface area (Å²) in [6, 6.07) is 19.2. The average Bonchev–Trinajstić information content (AvgIpc) is 3.34. The van der Waals surface area contributed by atoms with E-state index in [4.69, 9.17) is 5.73 Å². The highest BCUT2D eigenvalue weighted by Gasteiger charge is 2.44. The Morgan fingerprint density at radius 3 is 2.53 bits per heavy atom. The molecule has 1 aromatic heterocycles. The Balaban J connectivity index is 1.39. The summed E-state index contributed by atoms with van der Waals surface area (Å²) in [5, 5.41) is 4.07. The number of fused-ring (bicyclic) bond motifs is 1. The number of nitrogens with two attached hydrogens (primary N) is 1. The van der Waals surface area contributed by atoms with Gasteiger partial charge in [0.15, 0.2) is 0 Å². The van der Waals surface area contributed by atoms with Gasteiger partial charge in [0.1, 0.15) is 6.04 Å². The number of hydrogen-bond donors (Lipinski definition) is 2. The zero-order valence-electron chi connectivity index (χ0n) is 19.4. The fourth-order valence-electron chi connectivity index (χ4n) is 5.66. The lowest BCUT2D eigenvalue weighted by atomic mass is 9.81. The van der Waals surface area contributed by atoms with Crippen molar-refractivity contribution in [3.05, 3.63) is 72.4 Å². The Labute approximate surface area is 200 Å². The summed E-state index contributed by atoms with van der Waals surface area (Å²) in [6.07, 6.45) is 6.25. The molecular weight excluding hydrogens is 424 g/mol. The number of nitrogens with one attached hydrogen (secondary N) is 1. The molecule has 0 bridgehead atoms. The summed E-state index contributed by atoms with van der Waals surface area (Å²) in [7, 11) is 0. The molecule has 2 fully saturated rings. The monoisotopic (exact) mass is 456 g/mol. The number of anilines is 1. The number of amides is 2. The summed E-state index contributed by atoms with van der Waals surface area (Å²) in [5.41, 5.74) is 8.56. The van der Waals surface area contributed by atoms with Crippen molar-refractivity contribution in [1.29, 1.82) is 0 Å². The van der Waals surface area contributed by atoms with Crippen LogP contribution in [0, 0.1) is 11.8 Å². The topological polar surface area (TPSA) is 88.3 Å². The minimum Gasteiger partial charge on any atom is -0.330 e. The van der Waals surface area contributed by atoms with Gasteiger partial charge in [0.2, 0.25) is 11.8 Å². The molecule has 0 spiro atoms. The fraction of sp³-hybridized carbons (Fsp3) is 0.393. The molecule has 3 aromatic rings. The van der Waals surface area contributed by atoms with Gasteiger partial charge in [-0.1, -0.05) is 36.4 Å². The first-order chi connectivity index (χ1) is 16.6. The summed E-state index contributed by atoms with van der Waals surface area (Å²) >= 11 is 0. The molecule has 6 nitrogen and oxygen atoms in total. The van der Waals surface area contributed by atoms with Crippen LogP contribution in [0.3, 0.4) is 0 Å². The zero-order chi connectivity index (χ0) is 23.5. The van der Waals surface area contributed by atoms with Crippen molar-refractivity contribution in [2.75, 3.05) is 18.4 Å². The van der Waals surface area contributed by atoms with Crippen LogP contribution in [-0.4, -0.2) is 40.8 Å². The molecule has 1 aliphatic carbocycles. The first kappa shape index (κ1) is 22.5. The van der Waals surface area contributed by atoms with Gasteiger partial charge in [0.05, 0.1) is 5.52 Å². The van der Waals surface area contributed by atoms with E-state index in [1.807, 2.05) is 53.4 Å². The van der Waals surface area contributed by atoms with Crippen LogP contribution in [-0.2, 0) is 9.59 Å². The SMILES string of the molecule is NCC1CCC(C(=O)N2CCC(c3ccccc3)C2C(=O)Nc2ccc3ncccc3c2)CC1. The van der Waals surface area contributed by atoms with Crippen LogP contribution in [0.1, 0.15) is 43.6 Å². The van der Waals surface area contributed by atoms with Gasteiger partial charge in [-0.3, -0.25) is 14.6 Å². The minimum atomic E-state index is -0.522. The highest BCUT2D eigenvalue weighted by molar-refractivity contribution is 6.00. The lowest BCUT2D eigenvalue weighted by Gasteiger charge is -2.33. The van der Waals surface area contributed by atoms with Gasteiger partial charge in [0.25, 0.3) is 0 Å². The van der Waals surface area contributed by atoms with Gasteiger partial charge in [-0.2, -0.15) is 0 Å². The Morgan fingerprint density at radius 2 is 1.76 bits per heavy atom. The molecule has 2 amide bonds. The number of benzene rings is 2. The minimum absolute atomic E-state index is 0.0145. The van der Waals surface area contributed by atoms with E-state index < -0.39 is 6.04 Å². The Hall–Kier alpha value is -3.25. The summed E-state index contributed by atoms with van der Waals surface area (Å²) in [6.45, 7) is 1.29. The van der Waals surface area contributed by atoms with Crippen molar-refractivity contribution >= 4 is 28.4 Å². The molecule has 2 unspecified atom stereocenters. The van der Waals surface area contributed by atoms with Crippen LogP contribution in [0.4, 0.5) is 5.69 Å². The molecule has 2 aromatic carbocycles. The molecule has 34 heavy (non-hydrogen) atoms. The molecule has 2 atom stereocenters. The van der Waals surface area contributed by atoms with Crippen molar-refractivity contribution in [3.63, 3.8) is 0 Å². The van der Waals surface area contributed by atoms with Crippen LogP contribution in [0.25, 0.3) is 10.9 Å². The Bertz CT molecular complexity index is 1160. The van der Waals surface area contributed by atoms with Crippen molar-refractivity contribution in [2.45, 2.75) is 44.1 Å². The van der Waals surface area contributed by atoms with Gasteiger partial charge >= 0.3 is 0 Å². The first-order valence-corrected chi connectivity index (χ1v) is 12.3. The normalized spacial score (nSPS) is 24.8. The van der Waals surface area contributed by atoms with E-state index >= 15 is 0 Å². The summed E-state index contributed by atoms with van der Waals surface area (Å²) < 4.78 is 0. The Morgan fingerprint density at radius 1 is 0.971 bits per heavy atom. The van der Waals surface area contributed by atoms with Crippen LogP contribution >= 0.6 is 0 Å². The number of carbonyl (C=O) groups excluding carboxylic acids is 2. The van der Waals surface area contributed by atoms with Gasteiger partial charge < -0.3 is 16.0 Å². The maximum atomic E-state index is 13.7. The summed E-state index contributed by atoms with van der Waals surface area (Å²) in [5.74, 6) is 0.476. The van der Waals surface area contributed by atoms with Gasteiger partial charge in [-0.05, 0) is 74.4 Å². The number of rotatable bonds is 5. The number of hydrogen-bond acceptors (Lipinski definition) is 4. The number of carbonyl (C=O) groups is 2. The van der Waals surface area contributed by atoms with Crippen molar-refractivity contribution in [1.82, 2.24) is 9.88 Å². The number of nitrogens with zero attached hydrogens (tertiary/aromatic N) is 2. The predicted molar refractivity (Wildman–Crippen MR) is 134 cm³/mol. The van der Waals surface area contributed by atoms with E-state index in [9.17, 15) is 9.59 Å². The highest BCUT2D eigenvalue weighted by Crippen LogP contribution is 2.38. The number of pyridine rings is 1. The van der Waals surface area contributed by atoms with E-state index in [2.05, 4.69) is 22.4 Å². The van der Waals surface area contributed by atoms with E-state index in [0.717, 1.165) is 54.3 Å². The van der Waals surface area contributed by atoms with Crippen LogP contribution < -0.4 is 11.1 Å². The highest BCUT2D eigenvalue weighted by atomic mass is 16.2. The molecule has 1 saturated carbocycles. The van der Waals surface area contributed by atoms with Crippen molar-refractivity contribution < 1.29 is 9.59 Å². The molecule has 5 rings (SSSR count). The third-order valence-corrected chi connectivity index (χ3v) is 7.58. The second-order valence-corrected chi connectivity index (χ2v) is 9.64. The zero-order valence-corrected chi connectivity index (χ0v) is 19.4. The maximum absolute atomic E-state index is 13.7. The lowest BCUT2D eigenvalue weighted by Crippen LogP contribution is -2.48. The fourth-order valence-corrected chi connectivity index (χ4v) is 5.66. The number of likely N-dealkylation sites (tertiary alicyclic amines) is 1. The molecule has 0 radical (unpaired) electrons. The van der Waals surface area contributed by atoms with Crippen LogP contribution in [0.2, 0.25) is 0 Å². The molecule has 2 aliphatic rings. The van der Waals surface area contributed by atoms with Crippen LogP contribution in [0.5, 0.6) is 0 Å². The maximum Gasteiger partial charge on any atom is 0.247 e. The third-order valence-electron chi connectivity index (χ3n) is 7.58. The smallest absolute Gasteiger partial charge is 0.247 e. The number of aromatic nitrogens is 1. The third kappa shape index (κ3) is 4.55. The molecule has 1 aliphatic heterocycles. The van der Waals surface area contributed by atoms with Crippen molar-refractivity contribution in [3.8, 4) is 0 Å². The van der Waals surface area contributed by atoms with E-state index in [1.165, 1.54) is 0 Å². The van der Waals surface area contributed by atoms with E-state index in [0.29, 0.717) is 19.0 Å². The average molecular weight is 457 g/mol. The molecule has 3 N–H and O–H groups in total. The Kier molecular flexibility index (Phi) is 6.59. The second-order valence-electron chi connectivity index (χ2n) is 9.64. The quantitative estimate of drug-likeness (QED) is 0.598.